The summed E-state index contributed by atoms with van der Waals surface area (Å²) in [6.07, 6.45) is 0.667. The molecule has 3 nitrogen and oxygen atoms in total. The Morgan fingerprint density at radius 2 is 1.86 bits per heavy atom. The van der Waals surface area contributed by atoms with E-state index in [-0.39, 0.29) is 6.04 Å². The molecule has 0 saturated carbocycles. The van der Waals surface area contributed by atoms with Crippen LogP contribution in [0.1, 0.15) is 19.4 Å². The van der Waals surface area contributed by atoms with Gasteiger partial charge in [-0.3, -0.25) is 0 Å². The van der Waals surface area contributed by atoms with Gasteiger partial charge in [0.05, 0.1) is 6.61 Å². The Balaban J connectivity index is 2.26. The van der Waals surface area contributed by atoms with E-state index in [1.807, 2.05) is 56.3 Å². The van der Waals surface area contributed by atoms with Crippen molar-refractivity contribution in [2.45, 2.75) is 26.3 Å². The lowest BCUT2D eigenvalue weighted by atomic mass is 10.1. The third-order valence-electron chi connectivity index (χ3n) is 2.95. The van der Waals surface area contributed by atoms with Crippen LogP contribution in [0.25, 0.3) is 0 Å². The van der Waals surface area contributed by atoms with E-state index in [2.05, 4.69) is 0 Å². The molecule has 0 spiro atoms. The molecule has 0 fully saturated rings. The molecule has 2 aromatic carbocycles. The van der Waals surface area contributed by atoms with Gasteiger partial charge in [-0.2, -0.15) is 0 Å². The Kier molecular flexibility index (Phi) is 5.48. The molecule has 0 saturated heterocycles. The van der Waals surface area contributed by atoms with Crippen molar-refractivity contribution < 1.29 is 9.47 Å². The molecular weight excluding hydrogens is 286 g/mol. The molecule has 0 aliphatic rings. The summed E-state index contributed by atoms with van der Waals surface area (Å²) in [5.41, 5.74) is 6.81. The molecule has 1 unspecified atom stereocenters. The molecule has 4 heteroatoms. The highest BCUT2D eigenvalue weighted by Gasteiger charge is 2.11. The lowest BCUT2D eigenvalue weighted by Gasteiger charge is -2.15. The minimum atomic E-state index is 0.0157. The first kappa shape index (κ1) is 15.7. The second-order valence-corrected chi connectivity index (χ2v) is 5.32. The number of ether oxygens (including phenoxy) is 2. The van der Waals surface area contributed by atoms with Crippen molar-refractivity contribution in [3.63, 3.8) is 0 Å². The molecule has 0 bridgehead atoms. The molecule has 2 rings (SSSR count). The average molecular weight is 306 g/mol. The molecule has 0 heterocycles. The van der Waals surface area contributed by atoms with E-state index in [4.69, 9.17) is 26.8 Å². The monoisotopic (exact) mass is 305 g/mol. The molecule has 0 aliphatic heterocycles. The normalized spacial score (nSPS) is 12.0. The van der Waals surface area contributed by atoms with Gasteiger partial charge < -0.3 is 15.2 Å². The van der Waals surface area contributed by atoms with Crippen LogP contribution >= 0.6 is 11.6 Å². The zero-order valence-electron chi connectivity index (χ0n) is 12.3. The van der Waals surface area contributed by atoms with Gasteiger partial charge in [-0.05, 0) is 44.5 Å². The summed E-state index contributed by atoms with van der Waals surface area (Å²) in [4.78, 5) is 0. The molecule has 21 heavy (non-hydrogen) atoms. The van der Waals surface area contributed by atoms with Crippen molar-refractivity contribution in [3.8, 4) is 17.2 Å². The Hall–Kier alpha value is -1.71. The fraction of sp³-hybridized carbons (Fsp3) is 0.294. The smallest absolute Gasteiger partial charge is 0.132 e. The van der Waals surface area contributed by atoms with Crippen molar-refractivity contribution >= 4 is 11.6 Å². The first-order valence-electron chi connectivity index (χ1n) is 7.04. The van der Waals surface area contributed by atoms with Gasteiger partial charge in [-0.25, -0.2) is 0 Å². The topological polar surface area (TPSA) is 44.5 Å². The summed E-state index contributed by atoms with van der Waals surface area (Å²) < 4.78 is 11.4. The molecule has 0 aromatic heterocycles. The highest BCUT2D eigenvalue weighted by Crippen LogP contribution is 2.32. The highest BCUT2D eigenvalue weighted by molar-refractivity contribution is 6.31. The summed E-state index contributed by atoms with van der Waals surface area (Å²) in [6.45, 7) is 4.52. The molecule has 112 valence electrons. The van der Waals surface area contributed by atoms with Gasteiger partial charge in [0.15, 0.2) is 0 Å². The molecule has 0 aliphatic carbocycles. The van der Waals surface area contributed by atoms with E-state index in [9.17, 15) is 0 Å². The van der Waals surface area contributed by atoms with E-state index in [1.54, 1.807) is 0 Å². The molecular formula is C17H20ClNO2. The Morgan fingerprint density at radius 1 is 1.14 bits per heavy atom. The number of hydrogen-bond donors (Lipinski definition) is 1. The van der Waals surface area contributed by atoms with Crippen molar-refractivity contribution in [2.75, 3.05) is 6.61 Å². The van der Waals surface area contributed by atoms with E-state index < -0.39 is 0 Å². The van der Waals surface area contributed by atoms with Crippen LogP contribution in [0.3, 0.4) is 0 Å². The molecule has 2 aromatic rings. The zero-order valence-corrected chi connectivity index (χ0v) is 13.1. The van der Waals surface area contributed by atoms with E-state index in [0.717, 1.165) is 17.1 Å². The minimum Gasteiger partial charge on any atom is -0.494 e. The van der Waals surface area contributed by atoms with Crippen LogP contribution in [-0.2, 0) is 6.42 Å². The predicted molar refractivity (Wildman–Crippen MR) is 86.5 cm³/mol. The fourth-order valence-corrected chi connectivity index (χ4v) is 2.32. The van der Waals surface area contributed by atoms with Gasteiger partial charge in [-0.15, -0.1) is 0 Å². The summed E-state index contributed by atoms with van der Waals surface area (Å²) in [6, 6.07) is 13.2. The van der Waals surface area contributed by atoms with Crippen LogP contribution in [0.4, 0.5) is 0 Å². The lowest BCUT2D eigenvalue weighted by Crippen LogP contribution is -2.18. The van der Waals surface area contributed by atoms with Crippen LogP contribution in [0, 0.1) is 0 Å². The van der Waals surface area contributed by atoms with Crippen LogP contribution in [0.5, 0.6) is 17.2 Å². The third-order valence-corrected chi connectivity index (χ3v) is 3.30. The van der Waals surface area contributed by atoms with Crippen LogP contribution in [0.2, 0.25) is 5.02 Å². The van der Waals surface area contributed by atoms with Crippen LogP contribution in [-0.4, -0.2) is 12.6 Å². The van der Waals surface area contributed by atoms with Gasteiger partial charge in [0, 0.05) is 22.7 Å². The maximum absolute atomic E-state index is 6.26. The lowest BCUT2D eigenvalue weighted by molar-refractivity contribution is 0.338. The summed E-state index contributed by atoms with van der Waals surface area (Å²) in [5.74, 6) is 2.23. The van der Waals surface area contributed by atoms with Gasteiger partial charge in [0.1, 0.15) is 17.2 Å². The van der Waals surface area contributed by atoms with E-state index in [1.165, 1.54) is 0 Å². The minimum absolute atomic E-state index is 0.0157. The largest absolute Gasteiger partial charge is 0.494 e. The van der Waals surface area contributed by atoms with Gasteiger partial charge >= 0.3 is 0 Å². The van der Waals surface area contributed by atoms with Gasteiger partial charge in [0.25, 0.3) is 0 Å². The Labute approximate surface area is 130 Å². The SMILES string of the molecule is CCOc1cccc(Oc2cccc(Cl)c2CC(C)N)c1. The summed E-state index contributed by atoms with van der Waals surface area (Å²) in [5, 5.41) is 0.672. The second-order valence-electron chi connectivity index (χ2n) is 4.91. The first-order chi connectivity index (χ1) is 10.1. The Bertz CT molecular complexity index is 599. The van der Waals surface area contributed by atoms with Gasteiger partial charge in [-0.1, -0.05) is 23.7 Å². The standard InChI is InChI=1S/C17H20ClNO2/c1-3-20-13-6-4-7-14(11-13)21-17-9-5-8-16(18)15(17)10-12(2)19/h4-9,11-12H,3,10,19H2,1-2H3. The quantitative estimate of drug-likeness (QED) is 0.859. The number of hydrogen-bond acceptors (Lipinski definition) is 3. The second kappa shape index (κ2) is 7.34. The van der Waals surface area contributed by atoms with Crippen molar-refractivity contribution in [3.05, 3.63) is 53.1 Å². The predicted octanol–water partition coefficient (Wildman–Crippen LogP) is 4.42. The highest BCUT2D eigenvalue weighted by atomic mass is 35.5. The number of halogens is 1. The summed E-state index contributed by atoms with van der Waals surface area (Å²) >= 11 is 6.26. The molecule has 0 amide bonds. The van der Waals surface area contributed by atoms with Crippen molar-refractivity contribution in [1.82, 2.24) is 0 Å². The maximum atomic E-state index is 6.26. The number of nitrogens with two attached hydrogens (primary N) is 1. The van der Waals surface area contributed by atoms with Crippen LogP contribution in [0.15, 0.2) is 42.5 Å². The van der Waals surface area contributed by atoms with E-state index in [0.29, 0.717) is 23.8 Å². The first-order valence-corrected chi connectivity index (χ1v) is 7.41. The Morgan fingerprint density at radius 3 is 2.57 bits per heavy atom. The van der Waals surface area contributed by atoms with E-state index >= 15 is 0 Å². The summed E-state index contributed by atoms with van der Waals surface area (Å²) in [7, 11) is 0. The van der Waals surface area contributed by atoms with Crippen molar-refractivity contribution in [2.24, 2.45) is 5.73 Å². The molecule has 1 atom stereocenters. The zero-order chi connectivity index (χ0) is 15.2. The average Bonchev–Trinajstić information content (AvgIpc) is 2.43. The van der Waals surface area contributed by atoms with Crippen molar-refractivity contribution in [1.29, 1.82) is 0 Å². The van der Waals surface area contributed by atoms with Crippen LogP contribution < -0.4 is 15.2 Å². The third kappa shape index (κ3) is 4.38. The molecule has 0 radical (unpaired) electrons. The fourth-order valence-electron chi connectivity index (χ4n) is 2.08. The maximum Gasteiger partial charge on any atom is 0.132 e. The number of benzene rings is 2. The van der Waals surface area contributed by atoms with Gasteiger partial charge in [0.2, 0.25) is 0 Å². The molecule has 2 N–H and O–H groups in total. The number of rotatable bonds is 6.